The van der Waals surface area contributed by atoms with Crippen molar-refractivity contribution in [2.75, 3.05) is 26.2 Å². The van der Waals surface area contributed by atoms with E-state index < -0.39 is 11.9 Å². The van der Waals surface area contributed by atoms with Gasteiger partial charge in [0.15, 0.2) is 5.69 Å². The van der Waals surface area contributed by atoms with Gasteiger partial charge in [0.05, 0.1) is 12.6 Å². The van der Waals surface area contributed by atoms with E-state index in [1.54, 1.807) is 0 Å². The summed E-state index contributed by atoms with van der Waals surface area (Å²) in [7, 11) is 0. The first kappa shape index (κ1) is 20.1. The molecular weight excluding hydrogens is 395 g/mol. The molecule has 1 saturated heterocycles. The Hall–Kier alpha value is -2.22. The van der Waals surface area contributed by atoms with E-state index in [-0.39, 0.29) is 6.04 Å². The third-order valence-corrected chi connectivity index (χ3v) is 6.04. The molecule has 3 aromatic rings. The Labute approximate surface area is 172 Å². The molecule has 152 valence electrons. The van der Waals surface area contributed by atoms with Crippen LogP contribution in [0.4, 0.5) is 13.2 Å². The van der Waals surface area contributed by atoms with Gasteiger partial charge in [-0.15, -0.1) is 11.3 Å². The molecule has 7 heteroatoms. The van der Waals surface area contributed by atoms with Crippen LogP contribution in [0.5, 0.6) is 0 Å². The molecule has 2 aromatic carbocycles. The van der Waals surface area contributed by atoms with Crippen molar-refractivity contribution in [3.8, 4) is 0 Å². The lowest BCUT2D eigenvalue weighted by Gasteiger charge is -2.39. The smallest absolute Gasteiger partial charge is 0.294 e. The van der Waals surface area contributed by atoms with Crippen molar-refractivity contribution in [2.45, 2.75) is 18.8 Å². The number of hydrogen-bond donors (Lipinski definition) is 0. The van der Waals surface area contributed by atoms with Gasteiger partial charge < -0.3 is 0 Å². The van der Waals surface area contributed by atoms with Gasteiger partial charge in [0.2, 0.25) is 0 Å². The third kappa shape index (κ3) is 4.86. The van der Waals surface area contributed by atoms with Crippen LogP contribution in [0.15, 0.2) is 66.0 Å². The second-order valence-corrected chi connectivity index (χ2v) is 8.10. The van der Waals surface area contributed by atoms with Gasteiger partial charge in [0, 0.05) is 31.6 Å². The molecular formula is C22H22F3N3S. The summed E-state index contributed by atoms with van der Waals surface area (Å²) in [5, 5.41) is 1.63. The summed E-state index contributed by atoms with van der Waals surface area (Å²) in [6, 6.07) is 21.1. The highest BCUT2D eigenvalue weighted by Crippen LogP contribution is 2.32. The van der Waals surface area contributed by atoms with Gasteiger partial charge >= 0.3 is 6.18 Å². The third-order valence-electron chi connectivity index (χ3n) is 5.20. The Morgan fingerprint density at radius 1 is 0.862 bits per heavy atom. The van der Waals surface area contributed by atoms with Gasteiger partial charge in [-0.2, -0.15) is 13.2 Å². The Morgan fingerprint density at radius 2 is 1.41 bits per heavy atom. The molecule has 3 nitrogen and oxygen atoms in total. The molecule has 0 bridgehead atoms. The fourth-order valence-corrected chi connectivity index (χ4v) is 4.61. The molecule has 29 heavy (non-hydrogen) atoms. The van der Waals surface area contributed by atoms with Gasteiger partial charge in [-0.25, -0.2) is 4.98 Å². The minimum Gasteiger partial charge on any atom is -0.294 e. The number of hydrogen-bond acceptors (Lipinski definition) is 4. The van der Waals surface area contributed by atoms with Crippen molar-refractivity contribution < 1.29 is 13.2 Å². The maximum absolute atomic E-state index is 12.8. The predicted octanol–water partition coefficient (Wildman–Crippen LogP) is 5.07. The average Bonchev–Trinajstić information content (AvgIpc) is 3.20. The van der Waals surface area contributed by atoms with Crippen LogP contribution < -0.4 is 0 Å². The van der Waals surface area contributed by atoms with Gasteiger partial charge in [-0.3, -0.25) is 9.80 Å². The highest BCUT2D eigenvalue weighted by molar-refractivity contribution is 7.09. The molecule has 0 radical (unpaired) electrons. The molecule has 0 aliphatic carbocycles. The van der Waals surface area contributed by atoms with Crippen molar-refractivity contribution in [1.82, 2.24) is 14.8 Å². The molecule has 1 aromatic heterocycles. The van der Waals surface area contributed by atoms with E-state index in [2.05, 4.69) is 63.3 Å². The van der Waals surface area contributed by atoms with Crippen molar-refractivity contribution in [1.29, 1.82) is 0 Å². The number of benzene rings is 2. The molecule has 0 unspecified atom stereocenters. The molecule has 0 spiro atoms. The Bertz CT molecular complexity index is 864. The zero-order chi connectivity index (χ0) is 20.3. The van der Waals surface area contributed by atoms with E-state index in [1.807, 2.05) is 12.1 Å². The SMILES string of the molecule is FC(F)(F)c1csc(CN2CCN(C(c3ccccc3)c3ccccc3)CC2)n1. The summed E-state index contributed by atoms with van der Waals surface area (Å²) in [6.07, 6.45) is -4.37. The maximum atomic E-state index is 12.8. The lowest BCUT2D eigenvalue weighted by atomic mass is 9.96. The van der Waals surface area contributed by atoms with Crippen LogP contribution in [0.25, 0.3) is 0 Å². The fraction of sp³-hybridized carbons (Fsp3) is 0.318. The maximum Gasteiger partial charge on any atom is 0.434 e. The quantitative estimate of drug-likeness (QED) is 0.578. The topological polar surface area (TPSA) is 19.4 Å². The van der Waals surface area contributed by atoms with Gasteiger partial charge in [-0.1, -0.05) is 60.7 Å². The second-order valence-electron chi connectivity index (χ2n) is 7.16. The Morgan fingerprint density at radius 3 is 1.90 bits per heavy atom. The largest absolute Gasteiger partial charge is 0.434 e. The standard InChI is InChI=1S/C22H22F3N3S/c23-22(24,25)19-16-29-20(26-19)15-27-11-13-28(14-12-27)21(17-7-3-1-4-8-17)18-9-5-2-6-10-18/h1-10,16,21H,11-15H2. The molecule has 4 rings (SSSR count). The molecule has 1 aliphatic heterocycles. The summed E-state index contributed by atoms with van der Waals surface area (Å²) < 4.78 is 38.3. The molecule has 2 heterocycles. The van der Waals surface area contributed by atoms with Crippen LogP contribution in [0.1, 0.15) is 27.9 Å². The molecule has 0 saturated carbocycles. The van der Waals surface area contributed by atoms with Crippen LogP contribution in [0.3, 0.4) is 0 Å². The first-order chi connectivity index (χ1) is 14.0. The minimum absolute atomic E-state index is 0.177. The van der Waals surface area contributed by atoms with Gasteiger partial charge in [0.1, 0.15) is 5.01 Å². The summed E-state index contributed by atoms with van der Waals surface area (Å²) >= 11 is 1.08. The van der Waals surface area contributed by atoms with Crippen molar-refractivity contribution in [2.24, 2.45) is 0 Å². The molecule has 1 aliphatic rings. The zero-order valence-corrected chi connectivity index (χ0v) is 16.7. The summed E-state index contributed by atoms with van der Waals surface area (Å²) in [5.41, 5.74) is 1.72. The molecule has 0 amide bonds. The summed E-state index contributed by atoms with van der Waals surface area (Å²) in [4.78, 5) is 8.39. The highest BCUT2D eigenvalue weighted by Gasteiger charge is 2.34. The van der Waals surface area contributed by atoms with Crippen LogP contribution in [-0.2, 0) is 12.7 Å². The zero-order valence-electron chi connectivity index (χ0n) is 15.8. The summed E-state index contributed by atoms with van der Waals surface area (Å²) in [6.45, 7) is 3.78. The number of piperazine rings is 1. The van der Waals surface area contributed by atoms with Crippen LogP contribution in [0.2, 0.25) is 0 Å². The number of nitrogens with zero attached hydrogens (tertiary/aromatic N) is 3. The van der Waals surface area contributed by atoms with Crippen molar-refractivity contribution in [3.63, 3.8) is 0 Å². The van der Waals surface area contributed by atoms with E-state index in [0.29, 0.717) is 11.6 Å². The second kappa shape index (κ2) is 8.65. The number of rotatable bonds is 5. The van der Waals surface area contributed by atoms with E-state index in [4.69, 9.17) is 0 Å². The molecule has 1 fully saturated rings. The Kier molecular flexibility index (Phi) is 5.99. The lowest BCUT2D eigenvalue weighted by molar-refractivity contribution is -0.140. The summed E-state index contributed by atoms with van der Waals surface area (Å²) in [5.74, 6) is 0. The predicted molar refractivity (Wildman–Crippen MR) is 109 cm³/mol. The molecule has 0 atom stereocenters. The first-order valence-corrected chi connectivity index (χ1v) is 10.5. The lowest BCUT2D eigenvalue weighted by Crippen LogP contribution is -2.47. The van der Waals surface area contributed by atoms with Gasteiger partial charge in [-0.05, 0) is 11.1 Å². The van der Waals surface area contributed by atoms with Gasteiger partial charge in [0.25, 0.3) is 0 Å². The Balaban J connectivity index is 1.44. The highest BCUT2D eigenvalue weighted by atomic mass is 32.1. The minimum atomic E-state index is -4.37. The molecule has 0 N–H and O–H groups in total. The average molecular weight is 418 g/mol. The van der Waals surface area contributed by atoms with E-state index >= 15 is 0 Å². The number of thiazole rings is 1. The fourth-order valence-electron chi connectivity index (χ4n) is 3.77. The first-order valence-electron chi connectivity index (χ1n) is 9.58. The van der Waals surface area contributed by atoms with Crippen LogP contribution in [0, 0.1) is 0 Å². The monoisotopic (exact) mass is 417 g/mol. The normalized spacial score (nSPS) is 16.4. The van der Waals surface area contributed by atoms with Crippen LogP contribution >= 0.6 is 11.3 Å². The van der Waals surface area contributed by atoms with E-state index in [9.17, 15) is 13.2 Å². The van der Waals surface area contributed by atoms with Crippen LogP contribution in [-0.4, -0.2) is 41.0 Å². The number of halogens is 3. The number of alkyl halides is 3. The number of aromatic nitrogens is 1. The van der Waals surface area contributed by atoms with E-state index in [1.165, 1.54) is 11.1 Å². The van der Waals surface area contributed by atoms with Crippen molar-refractivity contribution in [3.05, 3.63) is 87.9 Å². The van der Waals surface area contributed by atoms with E-state index in [0.717, 1.165) is 42.9 Å². The van der Waals surface area contributed by atoms with Crippen molar-refractivity contribution >= 4 is 11.3 Å².